The average molecular weight is 280 g/mol. The molecule has 20 heavy (non-hydrogen) atoms. The highest BCUT2D eigenvalue weighted by molar-refractivity contribution is 5.85. The maximum Gasteiger partial charge on any atom is 0.257 e. The fraction of sp³-hybridized carbons (Fsp3) is 0.643. The van der Waals surface area contributed by atoms with Crippen LogP contribution in [0.3, 0.4) is 0 Å². The predicted octanol–water partition coefficient (Wildman–Crippen LogP) is 1.49. The molecule has 2 rings (SSSR count). The first-order valence-electron chi connectivity index (χ1n) is 6.72. The summed E-state index contributed by atoms with van der Waals surface area (Å²) >= 11 is 0. The maximum atomic E-state index is 14.2. The van der Waals surface area contributed by atoms with Gasteiger partial charge in [0.15, 0.2) is 0 Å². The first-order chi connectivity index (χ1) is 9.12. The molecule has 1 aliphatic heterocycles. The van der Waals surface area contributed by atoms with E-state index in [0.29, 0.717) is 18.2 Å². The van der Waals surface area contributed by atoms with Crippen molar-refractivity contribution in [1.29, 1.82) is 0 Å². The van der Waals surface area contributed by atoms with Crippen LogP contribution in [-0.2, 0) is 10.2 Å². The summed E-state index contributed by atoms with van der Waals surface area (Å²) in [4.78, 5) is 21.7. The van der Waals surface area contributed by atoms with E-state index < -0.39 is 11.6 Å². The van der Waals surface area contributed by atoms with Gasteiger partial charge in [-0.3, -0.25) is 4.79 Å². The van der Waals surface area contributed by atoms with Crippen molar-refractivity contribution in [1.82, 2.24) is 9.97 Å². The van der Waals surface area contributed by atoms with Crippen molar-refractivity contribution < 1.29 is 9.18 Å². The van der Waals surface area contributed by atoms with E-state index >= 15 is 0 Å². The largest absolute Gasteiger partial charge is 0.367 e. The molecule has 1 aromatic rings. The molecule has 1 aliphatic rings. The molecule has 0 aromatic carbocycles. The van der Waals surface area contributed by atoms with E-state index in [2.05, 4.69) is 30.7 Å². The van der Waals surface area contributed by atoms with Crippen molar-refractivity contribution >= 4 is 11.7 Å². The van der Waals surface area contributed by atoms with Gasteiger partial charge in [-0.2, -0.15) is 0 Å². The molecule has 2 N–H and O–H groups in total. The van der Waals surface area contributed by atoms with Crippen LogP contribution in [0.2, 0.25) is 0 Å². The molecular weight excluding hydrogens is 259 g/mol. The predicted molar refractivity (Wildman–Crippen MR) is 75.3 cm³/mol. The molecule has 1 amide bonds. The molecule has 1 fully saturated rings. The Hall–Kier alpha value is -1.72. The SMILES string of the molecule is Cc1nc(N2CCC(F)(C(N)=O)C2)cc(C(C)(C)C)n1. The Labute approximate surface area is 118 Å². The summed E-state index contributed by atoms with van der Waals surface area (Å²) < 4.78 is 14.2. The zero-order valence-corrected chi connectivity index (χ0v) is 12.4. The number of carbonyl (C=O) groups is 1. The van der Waals surface area contributed by atoms with Crippen LogP contribution in [0.4, 0.5) is 10.2 Å². The summed E-state index contributed by atoms with van der Waals surface area (Å²) in [6.07, 6.45) is 0.107. The molecule has 1 saturated heterocycles. The Morgan fingerprint density at radius 3 is 2.60 bits per heavy atom. The highest BCUT2D eigenvalue weighted by Crippen LogP contribution is 2.30. The van der Waals surface area contributed by atoms with Gasteiger partial charge >= 0.3 is 0 Å². The molecule has 5 nitrogen and oxygen atoms in total. The van der Waals surface area contributed by atoms with Gasteiger partial charge in [0.25, 0.3) is 5.91 Å². The highest BCUT2D eigenvalue weighted by atomic mass is 19.1. The molecule has 110 valence electrons. The van der Waals surface area contributed by atoms with Crippen molar-refractivity contribution in [3.8, 4) is 0 Å². The highest BCUT2D eigenvalue weighted by Gasteiger charge is 2.44. The van der Waals surface area contributed by atoms with Gasteiger partial charge in [-0.25, -0.2) is 14.4 Å². The van der Waals surface area contributed by atoms with Gasteiger partial charge in [0.1, 0.15) is 11.6 Å². The van der Waals surface area contributed by atoms with Crippen LogP contribution in [0, 0.1) is 6.92 Å². The number of hydrogen-bond acceptors (Lipinski definition) is 4. The molecule has 0 aliphatic carbocycles. The molecule has 0 bridgehead atoms. The second kappa shape index (κ2) is 4.68. The minimum atomic E-state index is -1.96. The monoisotopic (exact) mass is 280 g/mol. The maximum absolute atomic E-state index is 14.2. The van der Waals surface area contributed by atoms with E-state index in [1.807, 2.05) is 13.0 Å². The van der Waals surface area contributed by atoms with Crippen molar-refractivity contribution in [2.24, 2.45) is 5.73 Å². The van der Waals surface area contributed by atoms with Crippen LogP contribution in [0.15, 0.2) is 6.07 Å². The fourth-order valence-corrected chi connectivity index (χ4v) is 2.27. The Kier molecular flexibility index (Phi) is 3.44. The third-order valence-electron chi connectivity index (χ3n) is 3.58. The minimum Gasteiger partial charge on any atom is -0.367 e. The molecule has 0 radical (unpaired) electrons. The number of rotatable bonds is 2. The lowest BCUT2D eigenvalue weighted by molar-refractivity contribution is -0.128. The van der Waals surface area contributed by atoms with Gasteiger partial charge in [0, 0.05) is 24.4 Å². The van der Waals surface area contributed by atoms with Crippen LogP contribution in [-0.4, -0.2) is 34.6 Å². The van der Waals surface area contributed by atoms with Gasteiger partial charge in [-0.05, 0) is 6.92 Å². The molecule has 2 heterocycles. The second-order valence-electron chi connectivity index (χ2n) is 6.41. The Morgan fingerprint density at radius 1 is 1.45 bits per heavy atom. The Bertz CT molecular complexity index is 540. The van der Waals surface area contributed by atoms with Gasteiger partial charge < -0.3 is 10.6 Å². The summed E-state index contributed by atoms with van der Waals surface area (Å²) in [5.74, 6) is 0.396. The number of aryl methyl sites for hydroxylation is 1. The molecular formula is C14H21FN4O. The lowest BCUT2D eigenvalue weighted by Gasteiger charge is -2.23. The van der Waals surface area contributed by atoms with Crippen LogP contribution in [0.1, 0.15) is 38.7 Å². The zero-order chi connectivity index (χ0) is 15.1. The summed E-state index contributed by atoms with van der Waals surface area (Å²) in [7, 11) is 0. The smallest absolute Gasteiger partial charge is 0.257 e. The molecule has 1 unspecified atom stereocenters. The average Bonchev–Trinajstić information content (AvgIpc) is 2.71. The van der Waals surface area contributed by atoms with Gasteiger partial charge in [0.2, 0.25) is 5.67 Å². The number of amides is 1. The van der Waals surface area contributed by atoms with E-state index in [1.54, 1.807) is 4.90 Å². The number of anilines is 1. The molecule has 1 atom stereocenters. The standard InChI is InChI=1S/C14H21FN4O/c1-9-17-10(13(2,3)4)7-11(18-9)19-6-5-14(15,8-19)12(16)20/h7H,5-6,8H2,1-4H3,(H2,16,20). The number of alkyl halides is 1. The number of nitrogens with two attached hydrogens (primary N) is 1. The van der Waals surface area contributed by atoms with Crippen LogP contribution in [0.5, 0.6) is 0 Å². The quantitative estimate of drug-likeness (QED) is 0.890. The van der Waals surface area contributed by atoms with Crippen molar-refractivity contribution in [3.05, 3.63) is 17.6 Å². The summed E-state index contributed by atoms with van der Waals surface area (Å²) in [6, 6.07) is 1.86. The lowest BCUT2D eigenvalue weighted by atomic mass is 9.92. The lowest BCUT2D eigenvalue weighted by Crippen LogP contribution is -2.42. The van der Waals surface area contributed by atoms with E-state index in [9.17, 15) is 9.18 Å². The number of carbonyl (C=O) groups excluding carboxylic acids is 1. The number of aromatic nitrogens is 2. The number of nitrogens with zero attached hydrogens (tertiary/aromatic N) is 3. The minimum absolute atomic E-state index is 0.0393. The van der Waals surface area contributed by atoms with Crippen molar-refractivity contribution in [2.75, 3.05) is 18.0 Å². The Balaban J connectivity index is 2.31. The number of hydrogen-bond donors (Lipinski definition) is 1. The summed E-state index contributed by atoms with van der Waals surface area (Å²) in [5.41, 5.74) is 3.96. The van der Waals surface area contributed by atoms with Crippen LogP contribution in [0.25, 0.3) is 0 Å². The molecule has 1 aromatic heterocycles. The number of primary amides is 1. The fourth-order valence-electron chi connectivity index (χ4n) is 2.27. The topological polar surface area (TPSA) is 72.1 Å². The third kappa shape index (κ3) is 2.73. The Morgan fingerprint density at radius 2 is 2.10 bits per heavy atom. The molecule has 6 heteroatoms. The van der Waals surface area contributed by atoms with Crippen molar-refractivity contribution in [3.63, 3.8) is 0 Å². The molecule has 0 spiro atoms. The second-order valence-corrected chi connectivity index (χ2v) is 6.41. The van der Waals surface area contributed by atoms with Crippen molar-refractivity contribution in [2.45, 2.75) is 45.2 Å². The third-order valence-corrected chi connectivity index (χ3v) is 3.58. The van der Waals surface area contributed by atoms with Crippen LogP contribution >= 0.6 is 0 Å². The summed E-state index contributed by atoms with van der Waals surface area (Å²) in [6.45, 7) is 8.38. The van der Waals surface area contributed by atoms with E-state index in [4.69, 9.17) is 5.73 Å². The molecule has 0 saturated carbocycles. The normalized spacial score (nSPS) is 23.1. The summed E-state index contributed by atoms with van der Waals surface area (Å²) in [5, 5.41) is 0. The van der Waals surface area contributed by atoms with E-state index in [1.165, 1.54) is 0 Å². The zero-order valence-electron chi connectivity index (χ0n) is 12.4. The first kappa shape index (κ1) is 14.7. The van der Waals surface area contributed by atoms with E-state index in [-0.39, 0.29) is 18.4 Å². The van der Waals surface area contributed by atoms with Crippen LogP contribution < -0.4 is 10.6 Å². The van der Waals surface area contributed by atoms with Gasteiger partial charge in [-0.15, -0.1) is 0 Å². The van der Waals surface area contributed by atoms with Gasteiger partial charge in [-0.1, -0.05) is 20.8 Å². The van der Waals surface area contributed by atoms with E-state index in [0.717, 1.165) is 5.69 Å². The number of halogens is 1. The first-order valence-corrected chi connectivity index (χ1v) is 6.72. The van der Waals surface area contributed by atoms with Gasteiger partial charge in [0.05, 0.1) is 12.2 Å².